The van der Waals surface area contributed by atoms with Gasteiger partial charge in [0.15, 0.2) is 5.96 Å². The number of nitrogens with one attached hydrogen (secondary N) is 3. The van der Waals surface area contributed by atoms with Crippen LogP contribution in [0.2, 0.25) is 0 Å². The molecule has 0 aliphatic rings. The number of aliphatic carboxylic acids is 1. The molecule has 12 N–H and O–H groups in total. The Hall–Kier alpha value is -3.07. The molecular formula is C20H38N8O6S. The molecule has 4 amide bonds. The number of hydrogen-bond donors (Lipinski definition) is 8. The topological polar surface area (TPSA) is 258 Å². The lowest BCUT2D eigenvalue weighted by Gasteiger charge is -2.25. The Morgan fingerprint density at radius 3 is 1.91 bits per heavy atom. The zero-order valence-corrected chi connectivity index (χ0v) is 21.1. The van der Waals surface area contributed by atoms with Crippen molar-refractivity contribution in [2.24, 2.45) is 33.8 Å². The minimum atomic E-state index is -1.38. The third kappa shape index (κ3) is 13.4. The highest BCUT2D eigenvalue weighted by atomic mass is 32.2. The number of primary amides is 1. The molecule has 0 saturated heterocycles. The van der Waals surface area contributed by atoms with Crippen molar-refractivity contribution < 1.29 is 29.1 Å². The Kier molecular flexibility index (Phi) is 15.1. The average Bonchev–Trinajstić information content (AvgIpc) is 2.76. The fourth-order valence-electron chi connectivity index (χ4n) is 2.79. The Bertz CT molecular complexity index is 775. The van der Waals surface area contributed by atoms with Gasteiger partial charge in [0, 0.05) is 6.54 Å². The molecule has 0 aliphatic carbocycles. The van der Waals surface area contributed by atoms with E-state index in [-0.39, 0.29) is 37.7 Å². The summed E-state index contributed by atoms with van der Waals surface area (Å²) in [5.41, 5.74) is 21.6. The lowest BCUT2D eigenvalue weighted by Crippen LogP contribution is -2.58. The van der Waals surface area contributed by atoms with E-state index in [0.29, 0.717) is 5.75 Å². The molecule has 200 valence electrons. The van der Waals surface area contributed by atoms with E-state index >= 15 is 0 Å². The highest BCUT2D eigenvalue weighted by molar-refractivity contribution is 7.98. The first-order chi connectivity index (χ1) is 16.3. The summed E-state index contributed by atoms with van der Waals surface area (Å²) < 4.78 is 0. The summed E-state index contributed by atoms with van der Waals surface area (Å²) in [6, 6.07) is -4.69. The molecule has 0 aromatic heterocycles. The molecule has 0 bridgehead atoms. The number of carboxylic acids is 1. The number of rotatable bonds is 17. The SMILES string of the molecule is CSCCC(NC(=O)C(CCCN=C(N)N)NC(=O)C(CC(N)=O)NC(=O)C(N)C(C)C)C(=O)O. The van der Waals surface area contributed by atoms with Gasteiger partial charge in [-0.2, -0.15) is 11.8 Å². The van der Waals surface area contributed by atoms with E-state index in [9.17, 15) is 29.1 Å². The summed E-state index contributed by atoms with van der Waals surface area (Å²) in [4.78, 5) is 65.0. The Morgan fingerprint density at radius 1 is 0.886 bits per heavy atom. The van der Waals surface area contributed by atoms with Crippen molar-refractivity contribution in [3.63, 3.8) is 0 Å². The number of hydrogen-bond acceptors (Lipinski definition) is 8. The average molecular weight is 519 g/mol. The second-order valence-corrected chi connectivity index (χ2v) is 9.18. The minimum absolute atomic E-state index is 0.0476. The van der Waals surface area contributed by atoms with Crippen molar-refractivity contribution in [2.45, 2.75) is 63.7 Å². The molecule has 0 aromatic carbocycles. The van der Waals surface area contributed by atoms with E-state index in [0.717, 1.165) is 0 Å². The van der Waals surface area contributed by atoms with Crippen LogP contribution in [0, 0.1) is 5.92 Å². The van der Waals surface area contributed by atoms with Crippen molar-refractivity contribution in [1.82, 2.24) is 16.0 Å². The van der Waals surface area contributed by atoms with Crippen LogP contribution < -0.4 is 38.9 Å². The number of carbonyl (C=O) groups excluding carboxylic acids is 4. The standard InChI is InChI=1S/C20H38N8O6S/c1-10(2)15(22)18(32)28-13(9-14(21)29)17(31)26-11(5-4-7-25-20(23)24)16(30)27-12(19(33)34)6-8-35-3/h10-13,15H,4-9,22H2,1-3H3,(H2,21,29)(H,26,31)(H,27,30)(H,28,32)(H,33,34)(H4,23,24,25). The maximum absolute atomic E-state index is 12.9. The van der Waals surface area contributed by atoms with Crippen LogP contribution in [-0.2, 0) is 24.0 Å². The monoisotopic (exact) mass is 518 g/mol. The number of carboxylic acid groups (broad SMARTS) is 1. The van der Waals surface area contributed by atoms with Crippen LogP contribution in [0.1, 0.15) is 39.5 Å². The van der Waals surface area contributed by atoms with E-state index in [1.807, 2.05) is 0 Å². The van der Waals surface area contributed by atoms with Crippen molar-refractivity contribution in [3.05, 3.63) is 0 Å². The quantitative estimate of drug-likeness (QED) is 0.0556. The highest BCUT2D eigenvalue weighted by Crippen LogP contribution is 2.06. The molecule has 14 nitrogen and oxygen atoms in total. The Balaban J connectivity index is 5.62. The maximum Gasteiger partial charge on any atom is 0.326 e. The first-order valence-electron chi connectivity index (χ1n) is 11.0. The van der Waals surface area contributed by atoms with Crippen LogP contribution in [0.3, 0.4) is 0 Å². The largest absolute Gasteiger partial charge is 0.480 e. The van der Waals surface area contributed by atoms with Gasteiger partial charge in [0.25, 0.3) is 0 Å². The highest BCUT2D eigenvalue weighted by Gasteiger charge is 2.31. The van der Waals surface area contributed by atoms with Gasteiger partial charge in [0.2, 0.25) is 23.6 Å². The van der Waals surface area contributed by atoms with Crippen molar-refractivity contribution in [1.29, 1.82) is 0 Å². The normalized spacial score (nSPS) is 14.2. The minimum Gasteiger partial charge on any atom is -0.480 e. The van der Waals surface area contributed by atoms with E-state index in [2.05, 4.69) is 20.9 Å². The lowest BCUT2D eigenvalue weighted by molar-refractivity contribution is -0.142. The maximum atomic E-state index is 12.9. The molecule has 15 heteroatoms. The van der Waals surface area contributed by atoms with Crippen molar-refractivity contribution in [2.75, 3.05) is 18.6 Å². The summed E-state index contributed by atoms with van der Waals surface area (Å²) in [6.45, 7) is 3.57. The Morgan fingerprint density at radius 2 is 1.43 bits per heavy atom. The predicted molar refractivity (Wildman–Crippen MR) is 133 cm³/mol. The van der Waals surface area contributed by atoms with Gasteiger partial charge in [-0.15, -0.1) is 0 Å². The summed E-state index contributed by atoms with van der Waals surface area (Å²) >= 11 is 1.42. The van der Waals surface area contributed by atoms with Gasteiger partial charge in [-0.1, -0.05) is 13.8 Å². The molecule has 0 fully saturated rings. The van der Waals surface area contributed by atoms with Crippen LogP contribution in [0.15, 0.2) is 4.99 Å². The number of thioether (sulfide) groups is 1. The van der Waals surface area contributed by atoms with Crippen LogP contribution >= 0.6 is 11.8 Å². The van der Waals surface area contributed by atoms with Crippen molar-refractivity contribution >= 4 is 47.3 Å². The van der Waals surface area contributed by atoms with E-state index in [1.54, 1.807) is 20.1 Å². The second-order valence-electron chi connectivity index (χ2n) is 8.19. The molecule has 4 unspecified atom stereocenters. The van der Waals surface area contributed by atoms with Crippen LogP contribution in [0.4, 0.5) is 0 Å². The molecule has 35 heavy (non-hydrogen) atoms. The molecule has 0 aromatic rings. The van der Waals surface area contributed by atoms with Gasteiger partial charge < -0.3 is 44.0 Å². The second kappa shape index (κ2) is 16.5. The number of nitrogens with two attached hydrogens (primary N) is 4. The third-order valence-corrected chi connectivity index (χ3v) is 5.51. The summed E-state index contributed by atoms with van der Waals surface area (Å²) in [6.07, 6.45) is 1.75. The molecule has 0 aliphatic heterocycles. The summed E-state index contributed by atoms with van der Waals surface area (Å²) in [7, 11) is 0. The number of nitrogens with zero attached hydrogens (tertiary/aromatic N) is 1. The fourth-order valence-corrected chi connectivity index (χ4v) is 3.26. The fraction of sp³-hybridized carbons (Fsp3) is 0.700. The molecule has 0 rings (SSSR count). The van der Waals surface area contributed by atoms with Gasteiger partial charge in [-0.25, -0.2) is 4.79 Å². The van der Waals surface area contributed by atoms with Gasteiger partial charge in [0.1, 0.15) is 18.1 Å². The van der Waals surface area contributed by atoms with Gasteiger partial charge >= 0.3 is 5.97 Å². The Labute approximate surface area is 208 Å². The smallest absolute Gasteiger partial charge is 0.326 e. The molecule has 0 radical (unpaired) electrons. The van der Waals surface area contributed by atoms with Crippen LogP contribution in [0.25, 0.3) is 0 Å². The van der Waals surface area contributed by atoms with Crippen molar-refractivity contribution in [3.8, 4) is 0 Å². The number of amides is 4. The molecule has 0 spiro atoms. The third-order valence-electron chi connectivity index (χ3n) is 4.86. The number of guanidine groups is 1. The van der Waals surface area contributed by atoms with E-state index < -0.39 is 60.2 Å². The predicted octanol–water partition coefficient (Wildman–Crippen LogP) is -2.81. The zero-order valence-electron chi connectivity index (χ0n) is 20.3. The van der Waals surface area contributed by atoms with Gasteiger partial charge in [0.05, 0.1) is 12.5 Å². The van der Waals surface area contributed by atoms with Gasteiger partial charge in [-0.05, 0) is 37.2 Å². The summed E-state index contributed by atoms with van der Waals surface area (Å²) in [5, 5.41) is 16.7. The first kappa shape index (κ1) is 31.9. The summed E-state index contributed by atoms with van der Waals surface area (Å²) in [5.74, 6) is -4.26. The molecular weight excluding hydrogens is 480 g/mol. The molecule has 4 atom stereocenters. The van der Waals surface area contributed by atoms with E-state index in [1.165, 1.54) is 11.8 Å². The first-order valence-corrected chi connectivity index (χ1v) is 12.4. The van der Waals surface area contributed by atoms with Crippen LogP contribution in [-0.4, -0.2) is 83.4 Å². The van der Waals surface area contributed by atoms with E-state index in [4.69, 9.17) is 22.9 Å². The van der Waals surface area contributed by atoms with Gasteiger partial charge in [-0.3, -0.25) is 24.2 Å². The number of carbonyl (C=O) groups is 5. The molecule has 0 saturated carbocycles. The van der Waals surface area contributed by atoms with Crippen LogP contribution in [0.5, 0.6) is 0 Å². The number of aliphatic imine (C=N–C) groups is 1. The molecule has 0 heterocycles. The lowest BCUT2D eigenvalue weighted by atomic mass is 10.0. The zero-order chi connectivity index (χ0) is 27.1.